The van der Waals surface area contributed by atoms with Crippen LogP contribution in [0.25, 0.3) is 0 Å². The van der Waals surface area contributed by atoms with E-state index >= 15 is 0 Å². The number of hydroxylamine groups is 1. The largest absolute Gasteiger partial charge is 0.497 e. The van der Waals surface area contributed by atoms with Crippen molar-refractivity contribution in [3.63, 3.8) is 0 Å². The Balaban J connectivity index is 1.59. The van der Waals surface area contributed by atoms with E-state index in [-0.39, 0.29) is 6.04 Å². The molecule has 0 spiro atoms. The first kappa shape index (κ1) is 14.1. The van der Waals surface area contributed by atoms with Gasteiger partial charge < -0.3 is 4.74 Å². The van der Waals surface area contributed by atoms with Gasteiger partial charge in [-0.25, -0.2) is 0 Å². The van der Waals surface area contributed by atoms with Gasteiger partial charge in [-0.05, 0) is 42.0 Å². The Morgan fingerprint density at radius 1 is 1.05 bits per heavy atom. The molecule has 0 amide bonds. The van der Waals surface area contributed by atoms with E-state index in [1.165, 1.54) is 24.0 Å². The summed E-state index contributed by atoms with van der Waals surface area (Å²) >= 11 is 0. The van der Waals surface area contributed by atoms with Crippen LogP contribution < -0.4 is 10.2 Å². The van der Waals surface area contributed by atoms with Gasteiger partial charge in [-0.1, -0.05) is 42.5 Å². The van der Waals surface area contributed by atoms with Gasteiger partial charge >= 0.3 is 0 Å². The van der Waals surface area contributed by atoms with E-state index in [2.05, 4.69) is 29.7 Å². The highest BCUT2D eigenvalue weighted by Gasteiger charge is 2.32. The van der Waals surface area contributed by atoms with Gasteiger partial charge in [0.1, 0.15) is 5.75 Å². The van der Waals surface area contributed by atoms with Crippen LogP contribution in [0.3, 0.4) is 0 Å². The zero-order chi connectivity index (χ0) is 14.5. The fourth-order valence-electron chi connectivity index (χ4n) is 2.47. The number of hydrogen-bond donors (Lipinski definition) is 1. The minimum Gasteiger partial charge on any atom is -0.497 e. The molecule has 1 saturated carbocycles. The van der Waals surface area contributed by atoms with E-state index in [0.717, 1.165) is 5.75 Å². The van der Waals surface area contributed by atoms with Crippen molar-refractivity contribution in [3.05, 3.63) is 65.7 Å². The van der Waals surface area contributed by atoms with Gasteiger partial charge in [0, 0.05) is 0 Å². The fraction of sp³-hybridized carbons (Fsp3) is 0.333. The first-order chi connectivity index (χ1) is 10.4. The van der Waals surface area contributed by atoms with E-state index in [1.807, 2.05) is 30.3 Å². The highest BCUT2D eigenvalue weighted by molar-refractivity contribution is 5.29. The van der Waals surface area contributed by atoms with Gasteiger partial charge in [0.15, 0.2) is 0 Å². The Morgan fingerprint density at radius 2 is 1.76 bits per heavy atom. The van der Waals surface area contributed by atoms with Gasteiger partial charge in [0.05, 0.1) is 19.8 Å². The highest BCUT2D eigenvalue weighted by atomic mass is 16.6. The van der Waals surface area contributed by atoms with Crippen molar-refractivity contribution in [1.29, 1.82) is 0 Å². The number of nitrogens with one attached hydrogen (secondary N) is 1. The second-order valence-corrected chi connectivity index (χ2v) is 5.48. The second kappa shape index (κ2) is 6.74. The third-order valence-electron chi connectivity index (χ3n) is 3.86. The van der Waals surface area contributed by atoms with E-state index in [0.29, 0.717) is 12.5 Å². The zero-order valence-corrected chi connectivity index (χ0v) is 12.3. The smallest absolute Gasteiger partial charge is 0.118 e. The molecule has 0 aliphatic heterocycles. The molecule has 3 nitrogen and oxygen atoms in total. The van der Waals surface area contributed by atoms with Gasteiger partial charge in [0.25, 0.3) is 0 Å². The summed E-state index contributed by atoms with van der Waals surface area (Å²) in [7, 11) is 1.69. The molecule has 0 radical (unpaired) electrons. The molecule has 0 aromatic heterocycles. The third kappa shape index (κ3) is 3.84. The fourth-order valence-corrected chi connectivity index (χ4v) is 2.47. The normalized spacial score (nSPS) is 15.7. The molecule has 1 fully saturated rings. The van der Waals surface area contributed by atoms with Crippen molar-refractivity contribution in [2.45, 2.75) is 25.5 Å². The van der Waals surface area contributed by atoms with Gasteiger partial charge in [-0.3, -0.25) is 4.84 Å². The van der Waals surface area contributed by atoms with Crippen LogP contribution in [0.5, 0.6) is 5.75 Å². The summed E-state index contributed by atoms with van der Waals surface area (Å²) in [6.07, 6.45) is 2.52. The topological polar surface area (TPSA) is 30.5 Å². The lowest BCUT2D eigenvalue weighted by Gasteiger charge is -2.19. The van der Waals surface area contributed by atoms with Gasteiger partial charge in [0.2, 0.25) is 0 Å². The van der Waals surface area contributed by atoms with E-state index < -0.39 is 0 Å². The third-order valence-corrected chi connectivity index (χ3v) is 3.86. The van der Waals surface area contributed by atoms with Crippen LogP contribution in [0.1, 0.15) is 30.0 Å². The highest BCUT2D eigenvalue weighted by Crippen LogP contribution is 2.41. The molecule has 2 aromatic rings. The summed E-state index contributed by atoms with van der Waals surface area (Å²) in [5.74, 6) is 1.56. The van der Waals surface area contributed by atoms with Crippen LogP contribution in [-0.4, -0.2) is 7.11 Å². The lowest BCUT2D eigenvalue weighted by molar-refractivity contribution is -0.00227. The van der Waals surface area contributed by atoms with E-state index in [4.69, 9.17) is 9.57 Å². The zero-order valence-electron chi connectivity index (χ0n) is 12.3. The van der Waals surface area contributed by atoms with Crippen molar-refractivity contribution in [2.75, 3.05) is 7.11 Å². The van der Waals surface area contributed by atoms with Crippen molar-refractivity contribution in [1.82, 2.24) is 5.48 Å². The Labute approximate surface area is 125 Å². The number of ether oxygens (including phenoxy) is 1. The SMILES string of the molecule is COc1ccc(C(NOCc2ccccc2)C2CC2)cc1. The summed E-state index contributed by atoms with van der Waals surface area (Å²) in [5.41, 5.74) is 5.67. The maximum Gasteiger partial charge on any atom is 0.118 e. The van der Waals surface area contributed by atoms with Gasteiger partial charge in [-0.2, -0.15) is 5.48 Å². The van der Waals surface area contributed by atoms with Crippen molar-refractivity contribution in [3.8, 4) is 5.75 Å². The Hall–Kier alpha value is -1.84. The Kier molecular flexibility index (Phi) is 4.53. The molecule has 1 atom stereocenters. The molecule has 1 aliphatic carbocycles. The molecule has 1 unspecified atom stereocenters. The Bertz CT molecular complexity index is 549. The van der Waals surface area contributed by atoms with E-state index in [1.54, 1.807) is 7.11 Å². The number of benzene rings is 2. The van der Waals surface area contributed by atoms with Crippen LogP contribution in [0.15, 0.2) is 54.6 Å². The minimum absolute atomic E-state index is 0.264. The predicted molar refractivity (Wildman–Crippen MR) is 82.8 cm³/mol. The van der Waals surface area contributed by atoms with Crippen molar-refractivity contribution >= 4 is 0 Å². The number of methoxy groups -OCH3 is 1. The molecule has 0 saturated heterocycles. The van der Waals surface area contributed by atoms with Crippen LogP contribution in [0.2, 0.25) is 0 Å². The maximum atomic E-state index is 5.71. The first-order valence-electron chi connectivity index (χ1n) is 7.42. The summed E-state index contributed by atoms with van der Waals surface area (Å²) in [5, 5.41) is 0. The minimum atomic E-state index is 0.264. The van der Waals surface area contributed by atoms with Crippen LogP contribution in [-0.2, 0) is 11.4 Å². The quantitative estimate of drug-likeness (QED) is 0.783. The molecule has 1 N–H and O–H groups in total. The number of hydrogen-bond acceptors (Lipinski definition) is 3. The van der Waals surface area contributed by atoms with Crippen molar-refractivity contribution in [2.24, 2.45) is 5.92 Å². The summed E-state index contributed by atoms with van der Waals surface area (Å²) < 4.78 is 5.21. The van der Waals surface area contributed by atoms with Crippen LogP contribution in [0.4, 0.5) is 0 Å². The van der Waals surface area contributed by atoms with Crippen LogP contribution >= 0.6 is 0 Å². The molecule has 1 aliphatic rings. The first-order valence-corrected chi connectivity index (χ1v) is 7.42. The molecule has 110 valence electrons. The average Bonchev–Trinajstić information content (AvgIpc) is 3.38. The molecule has 0 bridgehead atoms. The second-order valence-electron chi connectivity index (χ2n) is 5.48. The molecule has 2 aromatic carbocycles. The standard InChI is InChI=1S/C18H21NO2/c1-20-17-11-9-16(10-12-17)18(15-7-8-15)19-21-13-14-5-3-2-4-6-14/h2-6,9-12,15,18-19H,7-8,13H2,1H3. The average molecular weight is 283 g/mol. The lowest BCUT2D eigenvalue weighted by atomic mass is 10.0. The van der Waals surface area contributed by atoms with Crippen molar-refractivity contribution < 1.29 is 9.57 Å². The monoisotopic (exact) mass is 283 g/mol. The predicted octanol–water partition coefficient (Wildman–Crippen LogP) is 3.87. The van der Waals surface area contributed by atoms with Crippen LogP contribution in [0, 0.1) is 5.92 Å². The number of rotatable bonds is 7. The molecule has 21 heavy (non-hydrogen) atoms. The lowest BCUT2D eigenvalue weighted by Crippen LogP contribution is -2.23. The summed E-state index contributed by atoms with van der Waals surface area (Å²) in [6.45, 7) is 0.584. The summed E-state index contributed by atoms with van der Waals surface area (Å²) in [4.78, 5) is 5.71. The summed E-state index contributed by atoms with van der Waals surface area (Å²) in [6, 6.07) is 18.7. The molecule has 0 heterocycles. The van der Waals surface area contributed by atoms with Gasteiger partial charge in [-0.15, -0.1) is 0 Å². The molecule has 3 rings (SSSR count). The molecular formula is C18H21NO2. The molecular weight excluding hydrogens is 262 g/mol. The molecule has 3 heteroatoms. The Morgan fingerprint density at radius 3 is 2.38 bits per heavy atom. The van der Waals surface area contributed by atoms with E-state index in [9.17, 15) is 0 Å². The maximum absolute atomic E-state index is 5.71.